The summed E-state index contributed by atoms with van der Waals surface area (Å²) in [5.74, 6) is -0.647. The van der Waals surface area contributed by atoms with E-state index in [2.05, 4.69) is 10.4 Å². The summed E-state index contributed by atoms with van der Waals surface area (Å²) in [7, 11) is 0. The third-order valence-corrected chi connectivity index (χ3v) is 5.13. The lowest BCUT2D eigenvalue weighted by molar-refractivity contribution is -0.384. The Balaban J connectivity index is 1.70. The van der Waals surface area contributed by atoms with Crippen LogP contribution in [0.25, 0.3) is 23.0 Å². The second-order valence-corrected chi connectivity index (χ2v) is 7.58. The molecule has 34 heavy (non-hydrogen) atoms. The average molecular weight is 470 g/mol. The van der Waals surface area contributed by atoms with Gasteiger partial charge in [-0.1, -0.05) is 41.9 Å². The van der Waals surface area contributed by atoms with E-state index in [1.165, 1.54) is 30.3 Å². The molecule has 1 heterocycles. The van der Waals surface area contributed by atoms with E-state index in [-0.39, 0.29) is 11.3 Å². The van der Waals surface area contributed by atoms with Crippen LogP contribution in [0.15, 0.2) is 90.6 Å². The molecule has 0 fully saturated rings. The standard InChI is InChI=1S/C25H16ClN5O3/c26-20-8-6-17(7-9-20)24-19(16-30(29-24)22-4-2-1-3-5-22)14-18(15-27)25(32)28-21-10-12-23(13-11-21)31(33)34/h1-14,16H,(H,28,32). The van der Waals surface area contributed by atoms with Crippen LogP contribution in [0.5, 0.6) is 0 Å². The molecule has 1 amide bonds. The zero-order valence-electron chi connectivity index (χ0n) is 17.6. The highest BCUT2D eigenvalue weighted by molar-refractivity contribution is 6.30. The number of hydrogen-bond donors (Lipinski definition) is 1. The van der Waals surface area contributed by atoms with Gasteiger partial charge in [-0.05, 0) is 42.5 Å². The zero-order valence-corrected chi connectivity index (χ0v) is 18.3. The van der Waals surface area contributed by atoms with E-state index in [1.54, 1.807) is 35.1 Å². The Morgan fingerprint density at radius 2 is 1.74 bits per heavy atom. The number of non-ortho nitro benzene ring substituents is 1. The maximum Gasteiger partial charge on any atom is 0.269 e. The molecule has 0 atom stereocenters. The van der Waals surface area contributed by atoms with Gasteiger partial charge in [0, 0.05) is 40.2 Å². The van der Waals surface area contributed by atoms with E-state index < -0.39 is 10.8 Å². The molecule has 0 saturated carbocycles. The molecule has 4 aromatic rings. The minimum absolute atomic E-state index is 0.102. The van der Waals surface area contributed by atoms with Crippen molar-refractivity contribution in [1.29, 1.82) is 5.26 Å². The number of rotatable bonds is 6. The van der Waals surface area contributed by atoms with Crippen molar-refractivity contribution in [3.8, 4) is 23.0 Å². The molecule has 166 valence electrons. The first kappa shape index (κ1) is 22.5. The minimum Gasteiger partial charge on any atom is -0.321 e. The van der Waals surface area contributed by atoms with Crippen LogP contribution in [0.2, 0.25) is 5.02 Å². The van der Waals surface area contributed by atoms with E-state index in [0.29, 0.717) is 22.0 Å². The van der Waals surface area contributed by atoms with Gasteiger partial charge in [0.2, 0.25) is 0 Å². The van der Waals surface area contributed by atoms with Crippen LogP contribution < -0.4 is 5.32 Å². The van der Waals surface area contributed by atoms with Gasteiger partial charge in [-0.3, -0.25) is 14.9 Å². The maximum atomic E-state index is 12.8. The fourth-order valence-corrected chi connectivity index (χ4v) is 3.33. The largest absolute Gasteiger partial charge is 0.321 e. The molecule has 0 spiro atoms. The number of nitro groups is 1. The molecule has 4 rings (SSSR count). The van der Waals surface area contributed by atoms with Gasteiger partial charge in [0.25, 0.3) is 11.6 Å². The smallest absolute Gasteiger partial charge is 0.269 e. The second kappa shape index (κ2) is 9.81. The van der Waals surface area contributed by atoms with Crippen LogP contribution in [-0.4, -0.2) is 20.6 Å². The first-order chi connectivity index (χ1) is 16.4. The van der Waals surface area contributed by atoms with Crippen LogP contribution in [0.4, 0.5) is 11.4 Å². The molecule has 1 N–H and O–H groups in total. The van der Waals surface area contributed by atoms with Gasteiger partial charge >= 0.3 is 0 Å². The number of anilines is 1. The van der Waals surface area contributed by atoms with E-state index in [4.69, 9.17) is 11.6 Å². The number of benzene rings is 3. The van der Waals surface area contributed by atoms with Crippen LogP contribution in [-0.2, 0) is 4.79 Å². The molecule has 9 heteroatoms. The lowest BCUT2D eigenvalue weighted by Crippen LogP contribution is -2.13. The summed E-state index contributed by atoms with van der Waals surface area (Å²) in [5, 5.41) is 28.3. The van der Waals surface area contributed by atoms with Crippen molar-refractivity contribution in [2.24, 2.45) is 0 Å². The normalized spacial score (nSPS) is 11.0. The molecule has 0 aliphatic rings. The third-order valence-electron chi connectivity index (χ3n) is 4.88. The van der Waals surface area contributed by atoms with Gasteiger partial charge in [-0.25, -0.2) is 4.68 Å². The number of halogens is 1. The summed E-state index contributed by atoms with van der Waals surface area (Å²) >= 11 is 6.02. The predicted octanol–water partition coefficient (Wildman–Crippen LogP) is 5.65. The van der Waals surface area contributed by atoms with E-state index in [9.17, 15) is 20.2 Å². The Labute approximate surface area is 199 Å². The Bertz CT molecular complexity index is 1420. The van der Waals surface area contributed by atoms with Crippen molar-refractivity contribution in [1.82, 2.24) is 9.78 Å². The molecule has 0 radical (unpaired) electrons. The Hall–Kier alpha value is -4.74. The van der Waals surface area contributed by atoms with Crippen molar-refractivity contribution in [2.75, 3.05) is 5.32 Å². The van der Waals surface area contributed by atoms with E-state index in [1.807, 2.05) is 36.4 Å². The topological polar surface area (TPSA) is 114 Å². The van der Waals surface area contributed by atoms with Crippen LogP contribution >= 0.6 is 11.6 Å². The number of para-hydroxylation sites is 1. The van der Waals surface area contributed by atoms with Crippen LogP contribution in [0, 0.1) is 21.4 Å². The summed E-state index contributed by atoms with van der Waals surface area (Å²) in [4.78, 5) is 23.0. The Kier molecular flexibility index (Phi) is 6.48. The highest BCUT2D eigenvalue weighted by Crippen LogP contribution is 2.27. The minimum atomic E-state index is -0.647. The lowest BCUT2D eigenvalue weighted by Gasteiger charge is -2.04. The van der Waals surface area contributed by atoms with Gasteiger partial charge in [0.05, 0.1) is 16.3 Å². The number of nitro benzene ring substituents is 1. The van der Waals surface area contributed by atoms with Crippen LogP contribution in [0.3, 0.4) is 0 Å². The first-order valence-corrected chi connectivity index (χ1v) is 10.4. The number of carbonyl (C=O) groups excluding carboxylic acids is 1. The van der Waals surface area contributed by atoms with Crippen molar-refractivity contribution >= 4 is 35.0 Å². The lowest BCUT2D eigenvalue weighted by atomic mass is 10.1. The van der Waals surface area contributed by atoms with Crippen molar-refractivity contribution < 1.29 is 9.72 Å². The summed E-state index contributed by atoms with van der Waals surface area (Å²) in [6, 6.07) is 23.8. The fraction of sp³-hybridized carbons (Fsp3) is 0. The average Bonchev–Trinajstić information content (AvgIpc) is 3.27. The number of hydrogen-bond acceptors (Lipinski definition) is 5. The molecule has 8 nitrogen and oxygen atoms in total. The molecule has 0 aliphatic carbocycles. The van der Waals surface area contributed by atoms with Crippen molar-refractivity contribution in [3.63, 3.8) is 0 Å². The highest BCUT2D eigenvalue weighted by Gasteiger charge is 2.16. The summed E-state index contributed by atoms with van der Waals surface area (Å²) in [6.45, 7) is 0. The summed E-state index contributed by atoms with van der Waals surface area (Å²) < 4.78 is 1.67. The molecular formula is C25H16ClN5O3. The number of amides is 1. The molecule has 1 aromatic heterocycles. The van der Waals surface area contributed by atoms with Gasteiger partial charge in [0.1, 0.15) is 11.6 Å². The number of carbonyl (C=O) groups is 1. The third kappa shape index (κ3) is 5.01. The Morgan fingerprint density at radius 1 is 1.06 bits per heavy atom. The number of nitrogens with one attached hydrogen (secondary N) is 1. The number of nitriles is 1. The quantitative estimate of drug-likeness (QED) is 0.170. The number of nitrogens with zero attached hydrogens (tertiary/aromatic N) is 4. The van der Waals surface area contributed by atoms with Gasteiger partial charge < -0.3 is 5.32 Å². The van der Waals surface area contributed by atoms with Crippen molar-refractivity contribution in [3.05, 3.63) is 111 Å². The van der Waals surface area contributed by atoms with E-state index in [0.717, 1.165) is 11.3 Å². The zero-order chi connectivity index (χ0) is 24.1. The van der Waals surface area contributed by atoms with Gasteiger partial charge in [-0.15, -0.1) is 0 Å². The SMILES string of the molecule is N#CC(=Cc1cn(-c2ccccc2)nc1-c1ccc(Cl)cc1)C(=O)Nc1ccc([N+](=O)[O-])cc1. The van der Waals surface area contributed by atoms with Crippen LogP contribution in [0.1, 0.15) is 5.56 Å². The van der Waals surface area contributed by atoms with E-state index >= 15 is 0 Å². The summed E-state index contributed by atoms with van der Waals surface area (Å²) in [5.41, 5.74) is 2.77. The predicted molar refractivity (Wildman–Crippen MR) is 129 cm³/mol. The molecule has 0 aliphatic heterocycles. The second-order valence-electron chi connectivity index (χ2n) is 7.15. The first-order valence-electron chi connectivity index (χ1n) is 10.0. The highest BCUT2D eigenvalue weighted by atomic mass is 35.5. The number of aromatic nitrogens is 2. The molecular weight excluding hydrogens is 454 g/mol. The Morgan fingerprint density at radius 3 is 2.35 bits per heavy atom. The molecule has 3 aromatic carbocycles. The monoisotopic (exact) mass is 469 g/mol. The molecule has 0 saturated heterocycles. The molecule has 0 bridgehead atoms. The van der Waals surface area contributed by atoms with Crippen molar-refractivity contribution in [2.45, 2.75) is 0 Å². The fourth-order valence-electron chi connectivity index (χ4n) is 3.21. The maximum absolute atomic E-state index is 12.8. The van der Waals surface area contributed by atoms with Gasteiger partial charge in [-0.2, -0.15) is 10.4 Å². The van der Waals surface area contributed by atoms with Gasteiger partial charge in [0.15, 0.2) is 0 Å². The molecule has 0 unspecified atom stereocenters. The summed E-state index contributed by atoms with van der Waals surface area (Å²) in [6.07, 6.45) is 3.19.